The lowest BCUT2D eigenvalue weighted by atomic mass is 10.0. The summed E-state index contributed by atoms with van der Waals surface area (Å²) in [5.41, 5.74) is 2.12. The molecule has 1 amide bonds. The Bertz CT molecular complexity index is 634. The van der Waals surface area contributed by atoms with Crippen LogP contribution in [0.4, 0.5) is 5.69 Å². The SMILES string of the molecule is CC1(NCC(=O)O)CCN(CCC(=O)N2CCc3ccccc32)C1. The van der Waals surface area contributed by atoms with E-state index in [-0.39, 0.29) is 18.0 Å². The number of fused-ring (bicyclic) bond motifs is 1. The van der Waals surface area contributed by atoms with Gasteiger partial charge < -0.3 is 20.2 Å². The molecule has 6 nitrogen and oxygen atoms in total. The second kappa shape index (κ2) is 6.91. The van der Waals surface area contributed by atoms with Crippen molar-refractivity contribution in [2.45, 2.75) is 31.7 Å². The summed E-state index contributed by atoms with van der Waals surface area (Å²) in [7, 11) is 0. The number of para-hydroxylation sites is 1. The molecule has 24 heavy (non-hydrogen) atoms. The summed E-state index contributed by atoms with van der Waals surface area (Å²) in [6, 6.07) is 8.10. The molecule has 1 aromatic carbocycles. The van der Waals surface area contributed by atoms with Crippen LogP contribution < -0.4 is 10.2 Å². The summed E-state index contributed by atoms with van der Waals surface area (Å²) >= 11 is 0. The third-order valence-corrected chi connectivity index (χ3v) is 5.05. The molecule has 2 aliphatic rings. The summed E-state index contributed by atoms with van der Waals surface area (Å²) in [6.07, 6.45) is 2.34. The first kappa shape index (κ1) is 16.9. The number of nitrogens with zero attached hydrogens (tertiary/aromatic N) is 2. The van der Waals surface area contributed by atoms with E-state index in [1.54, 1.807) is 0 Å². The summed E-state index contributed by atoms with van der Waals surface area (Å²) in [6.45, 7) is 5.21. The van der Waals surface area contributed by atoms with Crippen LogP contribution in [0.15, 0.2) is 24.3 Å². The zero-order valence-corrected chi connectivity index (χ0v) is 14.1. The van der Waals surface area contributed by atoms with E-state index < -0.39 is 5.97 Å². The number of nitrogens with one attached hydrogen (secondary N) is 1. The van der Waals surface area contributed by atoms with Crippen molar-refractivity contribution in [3.05, 3.63) is 29.8 Å². The van der Waals surface area contributed by atoms with E-state index in [9.17, 15) is 9.59 Å². The standard InChI is InChI=1S/C18H25N3O3/c1-18(19-12-17(23)24)8-11-20(13-18)9-7-16(22)21-10-6-14-4-2-3-5-15(14)21/h2-5,19H,6-13H2,1H3,(H,23,24). The Morgan fingerprint density at radius 1 is 1.29 bits per heavy atom. The number of hydrogen-bond acceptors (Lipinski definition) is 4. The van der Waals surface area contributed by atoms with Gasteiger partial charge in [0, 0.05) is 43.8 Å². The van der Waals surface area contributed by atoms with Crippen LogP contribution in [-0.4, -0.2) is 60.1 Å². The van der Waals surface area contributed by atoms with Crippen molar-refractivity contribution in [2.75, 3.05) is 37.6 Å². The minimum Gasteiger partial charge on any atom is -0.480 e. The summed E-state index contributed by atoms with van der Waals surface area (Å²) in [5, 5.41) is 11.9. The van der Waals surface area contributed by atoms with Crippen molar-refractivity contribution in [3.63, 3.8) is 0 Å². The number of carbonyl (C=O) groups is 2. The molecule has 3 rings (SSSR count). The molecule has 2 heterocycles. The highest BCUT2D eigenvalue weighted by molar-refractivity contribution is 5.95. The molecular formula is C18H25N3O3. The van der Waals surface area contributed by atoms with Crippen LogP contribution in [0.25, 0.3) is 0 Å². The van der Waals surface area contributed by atoms with Gasteiger partial charge in [0.05, 0.1) is 6.54 Å². The molecule has 0 aromatic heterocycles. The van der Waals surface area contributed by atoms with Gasteiger partial charge in [-0.15, -0.1) is 0 Å². The molecule has 0 aliphatic carbocycles. The molecule has 6 heteroatoms. The second-order valence-electron chi connectivity index (χ2n) is 7.01. The second-order valence-corrected chi connectivity index (χ2v) is 7.01. The first-order valence-corrected chi connectivity index (χ1v) is 8.54. The van der Waals surface area contributed by atoms with E-state index in [0.717, 1.165) is 44.7 Å². The number of benzene rings is 1. The van der Waals surface area contributed by atoms with Crippen LogP contribution in [0.3, 0.4) is 0 Å². The zero-order valence-electron chi connectivity index (χ0n) is 14.1. The van der Waals surface area contributed by atoms with E-state index in [2.05, 4.69) is 23.2 Å². The van der Waals surface area contributed by atoms with Gasteiger partial charge >= 0.3 is 5.97 Å². The largest absolute Gasteiger partial charge is 0.480 e. The molecular weight excluding hydrogens is 306 g/mol. The number of rotatable bonds is 6. The Morgan fingerprint density at radius 2 is 2.08 bits per heavy atom. The van der Waals surface area contributed by atoms with Gasteiger partial charge in [-0.25, -0.2) is 0 Å². The van der Waals surface area contributed by atoms with Crippen molar-refractivity contribution >= 4 is 17.6 Å². The van der Waals surface area contributed by atoms with Gasteiger partial charge in [-0.1, -0.05) is 18.2 Å². The third-order valence-electron chi connectivity index (χ3n) is 5.05. The van der Waals surface area contributed by atoms with Gasteiger partial charge in [-0.05, 0) is 31.4 Å². The predicted molar refractivity (Wildman–Crippen MR) is 92.2 cm³/mol. The van der Waals surface area contributed by atoms with Gasteiger partial charge in [0.2, 0.25) is 5.91 Å². The van der Waals surface area contributed by atoms with Crippen LogP contribution in [0.1, 0.15) is 25.3 Å². The number of aliphatic carboxylic acids is 1. The smallest absolute Gasteiger partial charge is 0.317 e. The highest BCUT2D eigenvalue weighted by Crippen LogP contribution is 2.28. The van der Waals surface area contributed by atoms with Gasteiger partial charge in [0.15, 0.2) is 0 Å². The molecule has 130 valence electrons. The van der Waals surface area contributed by atoms with E-state index in [0.29, 0.717) is 6.42 Å². The first-order chi connectivity index (χ1) is 11.5. The zero-order chi connectivity index (χ0) is 17.2. The maximum absolute atomic E-state index is 12.5. The van der Waals surface area contributed by atoms with E-state index in [4.69, 9.17) is 5.11 Å². The van der Waals surface area contributed by atoms with E-state index in [1.165, 1.54) is 5.56 Å². The average Bonchev–Trinajstić information content (AvgIpc) is 3.15. The summed E-state index contributed by atoms with van der Waals surface area (Å²) in [5.74, 6) is -0.662. The fraction of sp³-hybridized carbons (Fsp3) is 0.556. The third kappa shape index (κ3) is 3.76. The Labute approximate surface area is 142 Å². The molecule has 2 aliphatic heterocycles. The molecule has 1 unspecified atom stereocenters. The Morgan fingerprint density at radius 3 is 2.88 bits per heavy atom. The van der Waals surface area contributed by atoms with Crippen molar-refractivity contribution in [1.82, 2.24) is 10.2 Å². The molecule has 2 N–H and O–H groups in total. The van der Waals surface area contributed by atoms with Gasteiger partial charge in [-0.3, -0.25) is 9.59 Å². The number of carboxylic acids is 1. The summed E-state index contributed by atoms with van der Waals surface area (Å²) in [4.78, 5) is 27.4. The maximum atomic E-state index is 12.5. The van der Waals surface area contributed by atoms with E-state index >= 15 is 0 Å². The number of likely N-dealkylation sites (tertiary alicyclic amines) is 1. The first-order valence-electron chi connectivity index (χ1n) is 8.54. The van der Waals surface area contributed by atoms with Crippen molar-refractivity contribution in [1.29, 1.82) is 0 Å². The Balaban J connectivity index is 1.49. The van der Waals surface area contributed by atoms with Gasteiger partial charge in [0.25, 0.3) is 0 Å². The number of hydrogen-bond donors (Lipinski definition) is 2. The Kier molecular flexibility index (Phi) is 4.87. The minimum absolute atomic E-state index is 0.0200. The molecule has 1 fully saturated rings. The molecule has 1 saturated heterocycles. The Hall–Kier alpha value is -1.92. The van der Waals surface area contributed by atoms with Gasteiger partial charge in [0.1, 0.15) is 0 Å². The normalized spacial score (nSPS) is 23.5. The van der Waals surface area contributed by atoms with Crippen LogP contribution >= 0.6 is 0 Å². The average molecular weight is 331 g/mol. The van der Waals surface area contributed by atoms with Crippen LogP contribution in [0.2, 0.25) is 0 Å². The monoisotopic (exact) mass is 331 g/mol. The summed E-state index contributed by atoms with van der Waals surface area (Å²) < 4.78 is 0. The minimum atomic E-state index is -0.836. The fourth-order valence-electron chi connectivity index (χ4n) is 3.67. The topological polar surface area (TPSA) is 72.9 Å². The highest BCUT2D eigenvalue weighted by Gasteiger charge is 2.34. The lowest BCUT2D eigenvalue weighted by Gasteiger charge is -2.26. The van der Waals surface area contributed by atoms with Crippen molar-refractivity contribution in [2.24, 2.45) is 0 Å². The lowest BCUT2D eigenvalue weighted by molar-refractivity contribution is -0.136. The van der Waals surface area contributed by atoms with Crippen LogP contribution in [0, 0.1) is 0 Å². The van der Waals surface area contributed by atoms with Crippen LogP contribution in [-0.2, 0) is 16.0 Å². The lowest BCUT2D eigenvalue weighted by Crippen LogP contribution is -2.47. The number of anilines is 1. The molecule has 0 spiro atoms. The predicted octanol–water partition coefficient (Wildman–Crippen LogP) is 1.10. The number of amides is 1. The van der Waals surface area contributed by atoms with E-state index in [1.807, 2.05) is 23.1 Å². The molecule has 1 atom stereocenters. The van der Waals surface area contributed by atoms with Crippen molar-refractivity contribution in [3.8, 4) is 0 Å². The number of carbonyl (C=O) groups excluding carboxylic acids is 1. The quantitative estimate of drug-likeness (QED) is 0.817. The van der Waals surface area contributed by atoms with Crippen LogP contribution in [0.5, 0.6) is 0 Å². The molecule has 0 radical (unpaired) electrons. The highest BCUT2D eigenvalue weighted by atomic mass is 16.4. The van der Waals surface area contributed by atoms with Gasteiger partial charge in [-0.2, -0.15) is 0 Å². The molecule has 1 aromatic rings. The fourth-order valence-corrected chi connectivity index (χ4v) is 3.67. The van der Waals surface area contributed by atoms with Crippen molar-refractivity contribution < 1.29 is 14.7 Å². The molecule has 0 bridgehead atoms. The number of carboxylic acid groups (broad SMARTS) is 1. The molecule has 0 saturated carbocycles. The maximum Gasteiger partial charge on any atom is 0.317 e.